The first-order valence-corrected chi connectivity index (χ1v) is 8.41. The number of carbonyl (C=O) groups is 2. The van der Waals surface area contributed by atoms with Crippen molar-refractivity contribution in [3.05, 3.63) is 72.3 Å². The normalized spacial score (nSPS) is 10.7. The van der Waals surface area contributed by atoms with Crippen LogP contribution in [0.25, 0.3) is 10.8 Å². The largest absolute Gasteiger partial charge is 0.484 e. The zero-order valence-electron chi connectivity index (χ0n) is 14.8. The summed E-state index contributed by atoms with van der Waals surface area (Å²) in [6.07, 6.45) is 1.52. The van der Waals surface area contributed by atoms with Crippen LogP contribution < -0.4 is 15.5 Å². The van der Waals surface area contributed by atoms with Gasteiger partial charge in [0.1, 0.15) is 5.75 Å². The third-order valence-electron chi connectivity index (χ3n) is 3.72. The third-order valence-corrected chi connectivity index (χ3v) is 3.72. The van der Waals surface area contributed by atoms with E-state index in [-0.39, 0.29) is 18.4 Å². The number of anilines is 1. The summed E-state index contributed by atoms with van der Waals surface area (Å²) >= 11 is 0. The highest BCUT2D eigenvalue weighted by Gasteiger charge is 2.02. The molecule has 0 aliphatic rings. The predicted molar refractivity (Wildman–Crippen MR) is 106 cm³/mol. The molecule has 0 heterocycles. The number of amides is 2. The molecule has 0 aromatic heterocycles. The van der Waals surface area contributed by atoms with Gasteiger partial charge in [0.25, 0.3) is 5.91 Å². The van der Waals surface area contributed by atoms with Crippen LogP contribution in [0.4, 0.5) is 5.69 Å². The van der Waals surface area contributed by atoms with E-state index in [2.05, 4.69) is 15.8 Å². The fourth-order valence-corrected chi connectivity index (χ4v) is 2.47. The number of fused-ring (bicyclic) bond motifs is 1. The monoisotopic (exact) mass is 361 g/mol. The van der Waals surface area contributed by atoms with Gasteiger partial charge in [-0.2, -0.15) is 5.10 Å². The quantitative estimate of drug-likeness (QED) is 0.522. The average Bonchev–Trinajstić information content (AvgIpc) is 2.67. The van der Waals surface area contributed by atoms with Gasteiger partial charge in [-0.15, -0.1) is 0 Å². The van der Waals surface area contributed by atoms with Gasteiger partial charge in [-0.3, -0.25) is 9.59 Å². The smallest absolute Gasteiger partial charge is 0.277 e. The highest BCUT2D eigenvalue weighted by Crippen LogP contribution is 2.20. The van der Waals surface area contributed by atoms with Gasteiger partial charge < -0.3 is 10.1 Å². The lowest BCUT2D eigenvalue weighted by Gasteiger charge is -2.06. The second-order valence-electron chi connectivity index (χ2n) is 5.89. The first-order chi connectivity index (χ1) is 13.1. The number of carbonyl (C=O) groups excluding carboxylic acids is 2. The van der Waals surface area contributed by atoms with Crippen LogP contribution in [0, 0.1) is 0 Å². The van der Waals surface area contributed by atoms with E-state index in [1.807, 2.05) is 42.5 Å². The van der Waals surface area contributed by atoms with E-state index in [1.165, 1.54) is 13.1 Å². The summed E-state index contributed by atoms with van der Waals surface area (Å²) in [5, 5.41) is 8.75. The fraction of sp³-hybridized carbons (Fsp3) is 0.0952. The summed E-state index contributed by atoms with van der Waals surface area (Å²) in [6.45, 7) is 1.32. The summed E-state index contributed by atoms with van der Waals surface area (Å²) in [7, 11) is 0. The Balaban J connectivity index is 1.48. The highest BCUT2D eigenvalue weighted by molar-refractivity contribution is 5.89. The average molecular weight is 361 g/mol. The molecular formula is C21H19N3O3. The standard InChI is InChI=1S/C21H19N3O3/c1-15(25)23-19-9-6-16(7-10-19)13-22-24-21(26)14-27-20-11-8-17-4-2-3-5-18(17)12-20/h2-13H,14H2,1H3,(H,23,25)(H,24,26)/b22-13+. The zero-order valence-corrected chi connectivity index (χ0v) is 14.8. The molecule has 0 aliphatic carbocycles. The van der Waals surface area contributed by atoms with Crippen molar-refractivity contribution in [3.63, 3.8) is 0 Å². The van der Waals surface area contributed by atoms with Crippen LogP contribution in [0.15, 0.2) is 71.8 Å². The van der Waals surface area contributed by atoms with Gasteiger partial charge >= 0.3 is 0 Å². The van der Waals surface area contributed by atoms with Crippen molar-refractivity contribution < 1.29 is 14.3 Å². The topological polar surface area (TPSA) is 79.8 Å². The lowest BCUT2D eigenvalue weighted by atomic mass is 10.1. The number of benzene rings is 3. The molecule has 27 heavy (non-hydrogen) atoms. The Hall–Kier alpha value is -3.67. The highest BCUT2D eigenvalue weighted by atomic mass is 16.5. The first kappa shape index (κ1) is 18.1. The summed E-state index contributed by atoms with van der Waals surface area (Å²) in [5.41, 5.74) is 3.91. The van der Waals surface area contributed by atoms with Crippen LogP contribution in [0.2, 0.25) is 0 Å². The second kappa shape index (κ2) is 8.62. The van der Waals surface area contributed by atoms with Crippen molar-refractivity contribution in [1.29, 1.82) is 0 Å². The van der Waals surface area contributed by atoms with E-state index in [4.69, 9.17) is 4.74 Å². The Labute approximate surface area is 156 Å². The van der Waals surface area contributed by atoms with Crippen molar-refractivity contribution in [2.75, 3.05) is 11.9 Å². The molecule has 3 rings (SSSR count). The maximum absolute atomic E-state index is 11.8. The number of hydrazone groups is 1. The molecule has 0 spiro atoms. The molecule has 6 nitrogen and oxygen atoms in total. The molecule has 3 aromatic carbocycles. The number of rotatable bonds is 6. The van der Waals surface area contributed by atoms with Gasteiger partial charge in [0.15, 0.2) is 6.61 Å². The molecule has 2 amide bonds. The molecule has 3 aromatic rings. The minimum atomic E-state index is -0.353. The molecular weight excluding hydrogens is 342 g/mol. The molecule has 0 atom stereocenters. The van der Waals surface area contributed by atoms with Gasteiger partial charge in [0.05, 0.1) is 6.21 Å². The van der Waals surface area contributed by atoms with Crippen molar-refractivity contribution in [2.45, 2.75) is 6.92 Å². The number of hydrogen-bond donors (Lipinski definition) is 2. The minimum absolute atomic E-state index is 0.128. The number of nitrogens with one attached hydrogen (secondary N) is 2. The molecule has 0 radical (unpaired) electrons. The number of nitrogens with zero attached hydrogens (tertiary/aromatic N) is 1. The zero-order chi connectivity index (χ0) is 19.1. The Morgan fingerprint density at radius 3 is 2.48 bits per heavy atom. The van der Waals surface area contributed by atoms with Crippen LogP contribution >= 0.6 is 0 Å². The van der Waals surface area contributed by atoms with Gasteiger partial charge in [-0.1, -0.05) is 42.5 Å². The van der Waals surface area contributed by atoms with Crippen molar-refractivity contribution in [2.24, 2.45) is 5.10 Å². The number of ether oxygens (including phenoxy) is 1. The van der Waals surface area contributed by atoms with E-state index < -0.39 is 0 Å². The summed E-state index contributed by atoms with van der Waals surface area (Å²) < 4.78 is 5.51. The van der Waals surface area contributed by atoms with Crippen LogP contribution in [-0.4, -0.2) is 24.6 Å². The van der Waals surface area contributed by atoms with Crippen molar-refractivity contribution >= 4 is 34.5 Å². The molecule has 0 unspecified atom stereocenters. The summed E-state index contributed by atoms with van der Waals surface area (Å²) in [6, 6.07) is 20.7. The van der Waals surface area contributed by atoms with Crippen LogP contribution in [-0.2, 0) is 9.59 Å². The molecule has 2 N–H and O–H groups in total. The molecule has 0 aliphatic heterocycles. The number of hydrogen-bond acceptors (Lipinski definition) is 4. The Morgan fingerprint density at radius 1 is 1.00 bits per heavy atom. The summed E-state index contributed by atoms with van der Waals surface area (Å²) in [4.78, 5) is 22.8. The SMILES string of the molecule is CC(=O)Nc1ccc(/C=N/NC(=O)COc2ccc3ccccc3c2)cc1. The minimum Gasteiger partial charge on any atom is -0.484 e. The van der Waals surface area contributed by atoms with E-state index in [9.17, 15) is 9.59 Å². The molecule has 6 heteroatoms. The van der Waals surface area contributed by atoms with E-state index in [1.54, 1.807) is 24.3 Å². The van der Waals surface area contributed by atoms with Crippen molar-refractivity contribution in [1.82, 2.24) is 5.43 Å². The lowest BCUT2D eigenvalue weighted by Crippen LogP contribution is -2.24. The van der Waals surface area contributed by atoms with Gasteiger partial charge in [-0.05, 0) is 40.6 Å². The van der Waals surface area contributed by atoms with Gasteiger partial charge in [0.2, 0.25) is 5.91 Å². The molecule has 136 valence electrons. The fourth-order valence-electron chi connectivity index (χ4n) is 2.47. The maximum Gasteiger partial charge on any atom is 0.277 e. The maximum atomic E-state index is 11.8. The Bertz CT molecular complexity index is 981. The second-order valence-corrected chi connectivity index (χ2v) is 5.89. The van der Waals surface area contributed by atoms with Crippen LogP contribution in [0.1, 0.15) is 12.5 Å². The Kier molecular flexibility index (Phi) is 5.79. The van der Waals surface area contributed by atoms with E-state index in [0.29, 0.717) is 11.4 Å². The van der Waals surface area contributed by atoms with Crippen LogP contribution in [0.3, 0.4) is 0 Å². The molecule has 0 bridgehead atoms. The van der Waals surface area contributed by atoms with Crippen LogP contribution in [0.5, 0.6) is 5.75 Å². The lowest BCUT2D eigenvalue weighted by molar-refractivity contribution is -0.123. The van der Waals surface area contributed by atoms with Gasteiger partial charge in [0, 0.05) is 12.6 Å². The Morgan fingerprint density at radius 2 is 1.74 bits per heavy atom. The molecule has 0 fully saturated rings. The van der Waals surface area contributed by atoms with Crippen molar-refractivity contribution in [3.8, 4) is 5.75 Å². The van der Waals surface area contributed by atoms with E-state index in [0.717, 1.165) is 16.3 Å². The van der Waals surface area contributed by atoms with E-state index >= 15 is 0 Å². The molecule has 0 saturated heterocycles. The predicted octanol–water partition coefficient (Wildman–Crippen LogP) is 3.33. The third kappa shape index (κ3) is 5.40. The first-order valence-electron chi connectivity index (χ1n) is 8.41. The van der Waals surface area contributed by atoms with Gasteiger partial charge in [-0.25, -0.2) is 5.43 Å². The summed E-state index contributed by atoms with van der Waals surface area (Å²) in [5.74, 6) is 0.144. The molecule has 0 saturated carbocycles.